The van der Waals surface area contributed by atoms with E-state index in [1.165, 1.54) is 36.6 Å². The van der Waals surface area contributed by atoms with E-state index in [-0.39, 0.29) is 5.69 Å². The quantitative estimate of drug-likeness (QED) is 0.614. The van der Waals surface area contributed by atoms with Crippen molar-refractivity contribution in [3.05, 3.63) is 44.9 Å². The Morgan fingerprint density at radius 3 is 2.89 bits per heavy atom. The third-order valence-electron chi connectivity index (χ3n) is 2.22. The van der Waals surface area contributed by atoms with Gasteiger partial charge in [0, 0.05) is 11.4 Å². The summed E-state index contributed by atoms with van der Waals surface area (Å²) < 4.78 is 10.6. The zero-order valence-corrected chi connectivity index (χ0v) is 10.3. The fourth-order valence-electron chi connectivity index (χ4n) is 1.35. The van der Waals surface area contributed by atoms with E-state index in [9.17, 15) is 10.1 Å². The Bertz CT molecular complexity index is 542. The van der Waals surface area contributed by atoms with Gasteiger partial charge in [0.2, 0.25) is 0 Å². The van der Waals surface area contributed by atoms with Gasteiger partial charge in [0.05, 0.1) is 29.3 Å². The first-order chi connectivity index (χ1) is 8.70. The number of rotatable bonds is 5. The van der Waals surface area contributed by atoms with Crippen LogP contribution in [0.1, 0.15) is 5.69 Å². The molecule has 6 nitrogen and oxygen atoms in total. The van der Waals surface area contributed by atoms with Crippen molar-refractivity contribution in [2.45, 2.75) is 6.61 Å². The van der Waals surface area contributed by atoms with Gasteiger partial charge in [-0.1, -0.05) is 0 Å². The molecule has 18 heavy (non-hydrogen) atoms. The van der Waals surface area contributed by atoms with E-state index in [1.807, 2.05) is 5.38 Å². The number of nitro benzene ring substituents is 1. The summed E-state index contributed by atoms with van der Waals surface area (Å²) >= 11 is 1.48. The molecule has 0 amide bonds. The lowest BCUT2D eigenvalue weighted by Gasteiger charge is -2.09. The summed E-state index contributed by atoms with van der Waals surface area (Å²) in [5, 5.41) is 12.5. The molecule has 0 N–H and O–H groups in total. The van der Waals surface area contributed by atoms with E-state index in [2.05, 4.69) is 4.98 Å². The number of nitro groups is 1. The molecule has 94 valence electrons. The SMILES string of the molecule is COc1cc([N+](=O)[O-])ccc1OCc1cscn1. The van der Waals surface area contributed by atoms with Crippen LogP contribution in [0.2, 0.25) is 0 Å². The lowest BCUT2D eigenvalue weighted by Crippen LogP contribution is -1.98. The maximum absolute atomic E-state index is 10.6. The van der Waals surface area contributed by atoms with Gasteiger partial charge < -0.3 is 9.47 Å². The van der Waals surface area contributed by atoms with Crippen molar-refractivity contribution in [3.63, 3.8) is 0 Å². The Hall–Kier alpha value is -2.15. The second kappa shape index (κ2) is 5.46. The van der Waals surface area contributed by atoms with Gasteiger partial charge in [-0.15, -0.1) is 11.3 Å². The molecule has 0 atom stereocenters. The summed E-state index contributed by atoms with van der Waals surface area (Å²) in [6, 6.07) is 4.22. The third-order valence-corrected chi connectivity index (χ3v) is 2.85. The molecule has 0 spiro atoms. The largest absolute Gasteiger partial charge is 0.493 e. The molecular weight excluding hydrogens is 256 g/mol. The van der Waals surface area contributed by atoms with Crippen LogP contribution in [0.3, 0.4) is 0 Å². The number of hydrogen-bond donors (Lipinski definition) is 0. The van der Waals surface area contributed by atoms with Gasteiger partial charge in [0.1, 0.15) is 6.61 Å². The van der Waals surface area contributed by atoms with Crippen LogP contribution in [0.15, 0.2) is 29.1 Å². The number of hydrogen-bond acceptors (Lipinski definition) is 6. The van der Waals surface area contributed by atoms with Crippen LogP contribution in [0.5, 0.6) is 11.5 Å². The molecule has 0 unspecified atom stereocenters. The van der Waals surface area contributed by atoms with E-state index in [4.69, 9.17) is 9.47 Å². The third kappa shape index (κ3) is 2.75. The second-order valence-electron chi connectivity index (χ2n) is 3.36. The molecule has 1 heterocycles. The molecule has 1 aromatic carbocycles. The van der Waals surface area contributed by atoms with Crippen LogP contribution in [0.25, 0.3) is 0 Å². The Labute approximate surface area is 107 Å². The molecule has 2 aromatic rings. The van der Waals surface area contributed by atoms with Gasteiger partial charge >= 0.3 is 0 Å². The highest BCUT2D eigenvalue weighted by molar-refractivity contribution is 7.07. The Morgan fingerprint density at radius 2 is 2.28 bits per heavy atom. The summed E-state index contributed by atoms with van der Waals surface area (Å²) in [5.74, 6) is 0.788. The fraction of sp³-hybridized carbons (Fsp3) is 0.182. The molecule has 1 aromatic heterocycles. The summed E-state index contributed by atoms with van der Waals surface area (Å²) in [6.07, 6.45) is 0. The van der Waals surface area contributed by atoms with Gasteiger partial charge in [0.25, 0.3) is 5.69 Å². The summed E-state index contributed by atoms with van der Waals surface area (Å²) in [7, 11) is 1.44. The first kappa shape index (κ1) is 12.3. The molecule has 0 saturated carbocycles. The maximum Gasteiger partial charge on any atom is 0.273 e. The molecule has 7 heteroatoms. The highest BCUT2D eigenvalue weighted by Crippen LogP contribution is 2.31. The molecule has 0 radical (unpaired) electrons. The number of non-ortho nitro benzene ring substituents is 1. The van der Waals surface area contributed by atoms with E-state index in [0.717, 1.165) is 5.69 Å². The number of thiazole rings is 1. The number of benzene rings is 1. The summed E-state index contributed by atoms with van der Waals surface area (Å²) in [4.78, 5) is 14.2. The molecular formula is C11H10N2O4S. The smallest absolute Gasteiger partial charge is 0.273 e. The van der Waals surface area contributed by atoms with Crippen LogP contribution in [-0.2, 0) is 6.61 Å². The molecule has 0 aliphatic heterocycles. The van der Waals surface area contributed by atoms with Crippen LogP contribution in [0, 0.1) is 10.1 Å². The molecule has 2 rings (SSSR count). The Balaban J connectivity index is 2.14. The van der Waals surface area contributed by atoms with Crippen molar-refractivity contribution in [2.75, 3.05) is 7.11 Å². The minimum atomic E-state index is -0.479. The lowest BCUT2D eigenvalue weighted by molar-refractivity contribution is -0.385. The van der Waals surface area contributed by atoms with Crippen molar-refractivity contribution < 1.29 is 14.4 Å². The van der Waals surface area contributed by atoms with Gasteiger partial charge in [0.15, 0.2) is 11.5 Å². The topological polar surface area (TPSA) is 74.5 Å². The average molecular weight is 266 g/mol. The number of aromatic nitrogens is 1. The van der Waals surface area contributed by atoms with E-state index < -0.39 is 4.92 Å². The van der Waals surface area contributed by atoms with Crippen molar-refractivity contribution in [1.82, 2.24) is 4.98 Å². The molecule has 0 saturated heterocycles. The van der Waals surface area contributed by atoms with E-state index in [1.54, 1.807) is 5.51 Å². The standard InChI is InChI=1S/C11H10N2O4S/c1-16-11-4-9(13(14)15)2-3-10(11)17-5-8-6-18-7-12-8/h2-4,6-7H,5H2,1H3. The van der Waals surface area contributed by atoms with Crippen LogP contribution in [-0.4, -0.2) is 17.0 Å². The highest BCUT2D eigenvalue weighted by atomic mass is 32.1. The van der Waals surface area contributed by atoms with Crippen LogP contribution < -0.4 is 9.47 Å². The first-order valence-corrected chi connectivity index (χ1v) is 5.97. The summed E-state index contributed by atoms with van der Waals surface area (Å²) in [5.41, 5.74) is 2.49. The van der Waals surface area contributed by atoms with Crippen LogP contribution >= 0.6 is 11.3 Å². The first-order valence-electron chi connectivity index (χ1n) is 5.03. The van der Waals surface area contributed by atoms with E-state index in [0.29, 0.717) is 18.1 Å². The zero-order valence-electron chi connectivity index (χ0n) is 9.53. The highest BCUT2D eigenvalue weighted by Gasteiger charge is 2.12. The normalized spacial score (nSPS) is 10.1. The van der Waals surface area contributed by atoms with E-state index >= 15 is 0 Å². The molecule has 0 bridgehead atoms. The molecule has 0 aliphatic rings. The van der Waals surface area contributed by atoms with Gasteiger partial charge in [-0.05, 0) is 6.07 Å². The number of methoxy groups -OCH3 is 1. The minimum Gasteiger partial charge on any atom is -0.493 e. The van der Waals surface area contributed by atoms with Crippen molar-refractivity contribution >= 4 is 17.0 Å². The van der Waals surface area contributed by atoms with Crippen molar-refractivity contribution in [1.29, 1.82) is 0 Å². The monoisotopic (exact) mass is 266 g/mol. The summed E-state index contributed by atoms with van der Waals surface area (Å²) in [6.45, 7) is 0.303. The Morgan fingerprint density at radius 1 is 1.44 bits per heavy atom. The zero-order chi connectivity index (χ0) is 13.0. The van der Waals surface area contributed by atoms with Crippen molar-refractivity contribution in [3.8, 4) is 11.5 Å². The average Bonchev–Trinajstić information content (AvgIpc) is 2.89. The van der Waals surface area contributed by atoms with Gasteiger partial charge in [-0.3, -0.25) is 10.1 Å². The lowest BCUT2D eigenvalue weighted by atomic mass is 10.3. The predicted octanol–water partition coefficient (Wildman–Crippen LogP) is 2.64. The minimum absolute atomic E-state index is 0.0344. The second-order valence-corrected chi connectivity index (χ2v) is 4.08. The molecule has 0 aliphatic carbocycles. The fourth-order valence-corrected chi connectivity index (χ4v) is 1.89. The number of ether oxygens (including phenoxy) is 2. The maximum atomic E-state index is 10.6. The molecule has 0 fully saturated rings. The number of nitrogens with zero attached hydrogens (tertiary/aromatic N) is 2. The van der Waals surface area contributed by atoms with Crippen molar-refractivity contribution in [2.24, 2.45) is 0 Å². The van der Waals surface area contributed by atoms with Gasteiger partial charge in [-0.2, -0.15) is 0 Å². The predicted molar refractivity (Wildman–Crippen MR) is 66.1 cm³/mol. The van der Waals surface area contributed by atoms with Crippen LogP contribution in [0.4, 0.5) is 5.69 Å². The van der Waals surface area contributed by atoms with Gasteiger partial charge in [-0.25, -0.2) is 4.98 Å². The Kier molecular flexibility index (Phi) is 3.73.